The molecular formula is C30H17F5N2O. The Morgan fingerprint density at radius 1 is 0.474 bits per heavy atom. The first-order valence-corrected chi connectivity index (χ1v) is 11.6. The van der Waals surface area contributed by atoms with Gasteiger partial charge in [-0.3, -0.25) is 4.90 Å². The minimum Gasteiger partial charge on any atom is -0.453 e. The largest absolute Gasteiger partial charge is 0.453 e. The molecule has 1 aliphatic heterocycles. The molecule has 38 heavy (non-hydrogen) atoms. The van der Waals surface area contributed by atoms with Crippen molar-refractivity contribution in [3.63, 3.8) is 0 Å². The molecule has 0 atom stereocenters. The first-order valence-electron chi connectivity index (χ1n) is 11.6. The minimum absolute atomic E-state index is 0.108. The summed E-state index contributed by atoms with van der Waals surface area (Å²) in [7, 11) is 0. The van der Waals surface area contributed by atoms with Crippen LogP contribution in [0.2, 0.25) is 0 Å². The van der Waals surface area contributed by atoms with E-state index in [0.717, 1.165) is 16.3 Å². The Morgan fingerprint density at radius 2 is 0.974 bits per heavy atom. The van der Waals surface area contributed by atoms with Gasteiger partial charge in [0.25, 0.3) is 0 Å². The maximum absolute atomic E-state index is 15.0. The van der Waals surface area contributed by atoms with Crippen LogP contribution in [-0.2, 0) is 0 Å². The van der Waals surface area contributed by atoms with Crippen molar-refractivity contribution in [2.24, 2.45) is 0 Å². The highest BCUT2D eigenvalue weighted by molar-refractivity contribution is 5.89. The van der Waals surface area contributed by atoms with Gasteiger partial charge in [-0.05, 0) is 48.5 Å². The highest BCUT2D eigenvalue weighted by Gasteiger charge is 2.35. The lowest BCUT2D eigenvalue weighted by Gasteiger charge is -2.34. The molecule has 5 aromatic carbocycles. The van der Waals surface area contributed by atoms with Crippen LogP contribution in [0.5, 0.6) is 11.5 Å². The molecule has 0 amide bonds. The summed E-state index contributed by atoms with van der Waals surface area (Å²) in [5, 5.41) is 0. The third-order valence-corrected chi connectivity index (χ3v) is 6.21. The Kier molecular flexibility index (Phi) is 5.72. The van der Waals surface area contributed by atoms with Gasteiger partial charge < -0.3 is 9.64 Å². The van der Waals surface area contributed by atoms with Gasteiger partial charge in [-0.1, -0.05) is 48.5 Å². The number of anilines is 6. The number of nitrogens with zero attached hydrogens (tertiary/aromatic N) is 2. The van der Waals surface area contributed by atoms with Crippen molar-refractivity contribution in [3.8, 4) is 11.5 Å². The van der Waals surface area contributed by atoms with Crippen LogP contribution in [0, 0.1) is 29.1 Å². The molecule has 1 heterocycles. The van der Waals surface area contributed by atoms with E-state index in [1.54, 1.807) is 30.3 Å². The van der Waals surface area contributed by atoms with Gasteiger partial charge in [0.2, 0.25) is 5.82 Å². The normalized spacial score (nSPS) is 12.0. The summed E-state index contributed by atoms with van der Waals surface area (Å²) in [5.74, 6) is -9.80. The van der Waals surface area contributed by atoms with E-state index in [9.17, 15) is 13.2 Å². The Balaban J connectivity index is 1.57. The van der Waals surface area contributed by atoms with Crippen LogP contribution < -0.4 is 14.5 Å². The summed E-state index contributed by atoms with van der Waals surface area (Å²) in [6.07, 6.45) is 0. The second-order valence-electron chi connectivity index (χ2n) is 8.48. The third kappa shape index (κ3) is 3.73. The van der Waals surface area contributed by atoms with E-state index in [2.05, 4.69) is 0 Å². The average Bonchev–Trinajstić information content (AvgIpc) is 2.96. The average molecular weight is 516 g/mol. The van der Waals surface area contributed by atoms with E-state index in [0.29, 0.717) is 5.69 Å². The van der Waals surface area contributed by atoms with Gasteiger partial charge >= 0.3 is 0 Å². The molecule has 1 aliphatic rings. The predicted octanol–water partition coefficient (Wildman–Crippen LogP) is 9.43. The van der Waals surface area contributed by atoms with Crippen molar-refractivity contribution in [2.45, 2.75) is 0 Å². The molecule has 3 nitrogen and oxygen atoms in total. The number of ether oxygens (including phenoxy) is 1. The zero-order valence-corrected chi connectivity index (χ0v) is 19.5. The van der Waals surface area contributed by atoms with Crippen molar-refractivity contribution >= 4 is 34.1 Å². The predicted molar refractivity (Wildman–Crippen MR) is 136 cm³/mol. The Morgan fingerprint density at radius 3 is 1.58 bits per heavy atom. The quantitative estimate of drug-likeness (QED) is 0.132. The summed E-state index contributed by atoms with van der Waals surface area (Å²) >= 11 is 0. The number of fused-ring (bicyclic) bond motifs is 2. The minimum atomic E-state index is -2.22. The molecule has 0 fully saturated rings. The van der Waals surface area contributed by atoms with Gasteiger partial charge in [-0.2, -0.15) is 0 Å². The monoisotopic (exact) mass is 516 g/mol. The summed E-state index contributed by atoms with van der Waals surface area (Å²) in [4.78, 5) is 2.94. The van der Waals surface area contributed by atoms with Crippen molar-refractivity contribution in [3.05, 3.63) is 132 Å². The van der Waals surface area contributed by atoms with E-state index < -0.39 is 34.8 Å². The molecule has 0 saturated carbocycles. The van der Waals surface area contributed by atoms with Crippen LogP contribution in [0.15, 0.2) is 103 Å². The number of para-hydroxylation sites is 4. The molecule has 188 valence electrons. The van der Waals surface area contributed by atoms with E-state index in [4.69, 9.17) is 4.74 Å². The summed E-state index contributed by atoms with van der Waals surface area (Å²) < 4.78 is 78.4. The molecule has 0 radical (unpaired) electrons. The lowest BCUT2D eigenvalue weighted by Crippen LogP contribution is -2.21. The molecule has 0 aliphatic carbocycles. The fourth-order valence-electron chi connectivity index (χ4n) is 4.52. The SMILES string of the molecule is Fc1c(F)c(F)c(N2c3ccccc3Oc3cc(N(c4ccccc4)c4ccccc4)ccc32)c(F)c1F. The lowest BCUT2D eigenvalue weighted by molar-refractivity contribution is 0.380. The molecule has 0 N–H and O–H groups in total. The molecule has 0 spiro atoms. The number of hydrogen-bond acceptors (Lipinski definition) is 3. The molecule has 0 unspecified atom stereocenters. The van der Waals surface area contributed by atoms with E-state index in [1.165, 1.54) is 12.1 Å². The summed E-state index contributed by atoms with van der Waals surface area (Å²) in [6.45, 7) is 0. The second-order valence-corrected chi connectivity index (χ2v) is 8.48. The Labute approximate surface area is 214 Å². The van der Waals surface area contributed by atoms with Crippen LogP contribution in [0.25, 0.3) is 0 Å². The van der Waals surface area contributed by atoms with Crippen LogP contribution >= 0.6 is 0 Å². The third-order valence-electron chi connectivity index (χ3n) is 6.21. The highest BCUT2D eigenvalue weighted by Crippen LogP contribution is 2.53. The summed E-state index contributed by atoms with van der Waals surface area (Å²) in [6, 6.07) is 30.1. The van der Waals surface area contributed by atoms with Crippen molar-refractivity contribution < 1.29 is 26.7 Å². The van der Waals surface area contributed by atoms with Crippen molar-refractivity contribution in [2.75, 3.05) is 9.80 Å². The van der Waals surface area contributed by atoms with Gasteiger partial charge in [0.15, 0.2) is 34.8 Å². The summed E-state index contributed by atoms with van der Waals surface area (Å²) in [5.41, 5.74) is 1.47. The molecule has 8 heteroatoms. The maximum Gasteiger partial charge on any atom is 0.200 e. The highest BCUT2D eigenvalue weighted by atomic mass is 19.2. The van der Waals surface area contributed by atoms with Gasteiger partial charge in [0.1, 0.15) is 5.69 Å². The molecule has 0 aromatic heterocycles. The fourth-order valence-corrected chi connectivity index (χ4v) is 4.52. The van der Waals surface area contributed by atoms with Crippen LogP contribution in [0.1, 0.15) is 0 Å². The van der Waals surface area contributed by atoms with Crippen molar-refractivity contribution in [1.82, 2.24) is 0 Å². The van der Waals surface area contributed by atoms with Crippen LogP contribution in [0.4, 0.5) is 56.1 Å². The molecule has 0 bridgehead atoms. The van der Waals surface area contributed by atoms with Gasteiger partial charge in [0.05, 0.1) is 11.4 Å². The number of benzene rings is 5. The number of rotatable bonds is 4. The van der Waals surface area contributed by atoms with Crippen molar-refractivity contribution in [1.29, 1.82) is 0 Å². The van der Waals surface area contributed by atoms with E-state index in [-0.39, 0.29) is 22.9 Å². The standard InChI is InChI=1S/C30H17F5N2O/c31-25-26(32)28(34)30(29(35)27(25)33)37-21-13-7-8-14-23(21)38-24-17-20(15-16-22(24)37)36(18-9-3-1-4-10-18)19-11-5-2-6-12-19/h1-17H. The first-order chi connectivity index (χ1) is 18.5. The van der Waals surface area contributed by atoms with Gasteiger partial charge in [0, 0.05) is 23.1 Å². The molecule has 6 rings (SSSR count). The van der Waals surface area contributed by atoms with E-state index in [1.807, 2.05) is 65.6 Å². The Bertz CT molecular complexity index is 1590. The Hall–Kier alpha value is -4.85. The fraction of sp³-hybridized carbons (Fsp3) is 0. The smallest absolute Gasteiger partial charge is 0.200 e. The zero-order valence-electron chi connectivity index (χ0n) is 19.5. The van der Waals surface area contributed by atoms with Gasteiger partial charge in [-0.25, -0.2) is 22.0 Å². The number of hydrogen-bond donors (Lipinski definition) is 0. The van der Waals surface area contributed by atoms with Gasteiger partial charge in [-0.15, -0.1) is 0 Å². The molecular weight excluding hydrogens is 499 g/mol. The van der Waals surface area contributed by atoms with Crippen LogP contribution in [0.3, 0.4) is 0 Å². The zero-order chi connectivity index (χ0) is 26.4. The molecule has 5 aromatic rings. The first kappa shape index (κ1) is 23.5. The number of halogens is 5. The lowest BCUT2D eigenvalue weighted by atomic mass is 10.1. The van der Waals surface area contributed by atoms with Crippen LogP contribution in [-0.4, -0.2) is 0 Å². The second kappa shape index (κ2) is 9.23. The topological polar surface area (TPSA) is 15.7 Å². The maximum atomic E-state index is 15.0. The molecule has 0 saturated heterocycles. The van der Waals surface area contributed by atoms with E-state index >= 15 is 8.78 Å².